The fraction of sp³-hybridized carbons (Fsp3) is 0.529. The van der Waals surface area contributed by atoms with Gasteiger partial charge in [0.2, 0.25) is 0 Å². The quantitative estimate of drug-likeness (QED) is 0.843. The predicted octanol–water partition coefficient (Wildman–Crippen LogP) is 3.75. The minimum Gasteiger partial charge on any atom is -0.493 e. The molecule has 0 atom stereocenters. The first-order valence-corrected chi connectivity index (χ1v) is 7.66. The zero-order chi connectivity index (χ0) is 15.2. The Balaban J connectivity index is 2.07. The molecule has 1 aromatic carbocycles. The summed E-state index contributed by atoms with van der Waals surface area (Å²) >= 11 is 0. The van der Waals surface area contributed by atoms with E-state index in [-0.39, 0.29) is 0 Å². The van der Waals surface area contributed by atoms with Crippen molar-refractivity contribution in [3.63, 3.8) is 0 Å². The second-order valence-electron chi connectivity index (χ2n) is 6.19. The van der Waals surface area contributed by atoms with E-state index in [9.17, 15) is 0 Å². The molecule has 114 valence electrons. The van der Waals surface area contributed by atoms with E-state index in [0.717, 1.165) is 30.9 Å². The van der Waals surface area contributed by atoms with Crippen molar-refractivity contribution in [2.24, 2.45) is 5.92 Å². The van der Waals surface area contributed by atoms with E-state index >= 15 is 0 Å². The van der Waals surface area contributed by atoms with Crippen LogP contribution in [0, 0.1) is 5.92 Å². The number of rotatable bonds is 7. The van der Waals surface area contributed by atoms with Gasteiger partial charge in [-0.1, -0.05) is 39.8 Å². The van der Waals surface area contributed by atoms with Crippen LogP contribution in [0.2, 0.25) is 0 Å². The van der Waals surface area contributed by atoms with Crippen LogP contribution < -0.4 is 4.74 Å². The lowest BCUT2D eigenvalue weighted by Crippen LogP contribution is -2.07. The van der Waals surface area contributed by atoms with E-state index in [2.05, 4.69) is 61.3 Å². The molecule has 0 unspecified atom stereocenters. The van der Waals surface area contributed by atoms with Crippen molar-refractivity contribution in [2.45, 2.75) is 46.5 Å². The molecule has 0 fully saturated rings. The number of nitrogens with zero attached hydrogens (tertiary/aromatic N) is 2. The summed E-state index contributed by atoms with van der Waals surface area (Å²) in [6.45, 7) is 9.51. The molecule has 2 rings (SSSR count). The molecule has 0 aliphatic rings. The summed E-state index contributed by atoms with van der Waals surface area (Å²) in [6, 6.07) is 6.53. The molecule has 0 aliphatic carbocycles. The highest BCUT2D eigenvalue weighted by Crippen LogP contribution is 2.28. The average Bonchev–Trinajstić information content (AvgIpc) is 2.96. The van der Waals surface area contributed by atoms with Crippen molar-refractivity contribution in [3.05, 3.63) is 41.2 Å². The van der Waals surface area contributed by atoms with Crippen LogP contribution >= 0.6 is 0 Å². The Morgan fingerprint density at radius 1 is 1.14 bits per heavy atom. The molecule has 2 aromatic rings. The number of hydrogen-bond donors (Lipinski definition) is 1. The van der Waals surface area contributed by atoms with Gasteiger partial charge in [-0.15, -0.1) is 0 Å². The summed E-state index contributed by atoms with van der Waals surface area (Å²) in [4.78, 5) is 0. The van der Waals surface area contributed by atoms with Crippen LogP contribution in [0.15, 0.2) is 24.4 Å². The van der Waals surface area contributed by atoms with E-state index in [1.807, 2.05) is 0 Å². The standard InChI is InChI=1S/C17H25N3O/c1-12(2)11-21-17-8-6-14(9-16(17)13(3)4)5-7-15-10-18-20-19-15/h6,8-10,12-13H,5,7,11H2,1-4H3,(H,18,19,20). The topological polar surface area (TPSA) is 50.8 Å². The van der Waals surface area contributed by atoms with Crippen LogP contribution in [0.25, 0.3) is 0 Å². The molecule has 21 heavy (non-hydrogen) atoms. The van der Waals surface area contributed by atoms with E-state index in [1.54, 1.807) is 6.20 Å². The lowest BCUT2D eigenvalue weighted by Gasteiger charge is -2.16. The molecule has 0 saturated carbocycles. The maximum atomic E-state index is 5.94. The van der Waals surface area contributed by atoms with Gasteiger partial charge in [-0.25, -0.2) is 0 Å². The third-order valence-corrected chi connectivity index (χ3v) is 3.40. The van der Waals surface area contributed by atoms with Gasteiger partial charge in [0, 0.05) is 0 Å². The van der Waals surface area contributed by atoms with Crippen LogP contribution in [0.5, 0.6) is 5.75 Å². The molecule has 4 nitrogen and oxygen atoms in total. The Morgan fingerprint density at radius 2 is 1.95 bits per heavy atom. The van der Waals surface area contributed by atoms with Crippen LogP contribution in [0.4, 0.5) is 0 Å². The van der Waals surface area contributed by atoms with E-state index in [0.29, 0.717) is 11.8 Å². The summed E-state index contributed by atoms with van der Waals surface area (Å²) in [7, 11) is 0. The summed E-state index contributed by atoms with van der Waals surface area (Å²) in [5.41, 5.74) is 3.60. The highest BCUT2D eigenvalue weighted by molar-refractivity contribution is 5.39. The molecule has 0 saturated heterocycles. The van der Waals surface area contributed by atoms with Gasteiger partial charge in [0.05, 0.1) is 18.5 Å². The molecule has 4 heteroatoms. The number of ether oxygens (including phenoxy) is 1. The van der Waals surface area contributed by atoms with Crippen LogP contribution in [0.1, 0.15) is 50.4 Å². The highest BCUT2D eigenvalue weighted by Gasteiger charge is 2.10. The minimum atomic E-state index is 0.458. The number of aromatic amines is 1. The molecule has 1 heterocycles. The number of aryl methyl sites for hydroxylation is 2. The summed E-state index contributed by atoms with van der Waals surface area (Å²) < 4.78 is 5.94. The first-order valence-electron chi connectivity index (χ1n) is 7.66. The third kappa shape index (κ3) is 4.59. The maximum absolute atomic E-state index is 5.94. The van der Waals surface area contributed by atoms with Crippen molar-refractivity contribution in [2.75, 3.05) is 6.61 Å². The number of benzene rings is 1. The molecule has 1 N–H and O–H groups in total. The lowest BCUT2D eigenvalue weighted by atomic mass is 9.97. The summed E-state index contributed by atoms with van der Waals surface area (Å²) in [5, 5.41) is 10.6. The molecular weight excluding hydrogens is 262 g/mol. The van der Waals surface area contributed by atoms with Crippen LogP contribution in [0.3, 0.4) is 0 Å². The van der Waals surface area contributed by atoms with E-state index in [4.69, 9.17) is 4.74 Å². The van der Waals surface area contributed by atoms with Crippen molar-refractivity contribution >= 4 is 0 Å². The highest BCUT2D eigenvalue weighted by atomic mass is 16.5. The molecule has 0 bridgehead atoms. The Morgan fingerprint density at radius 3 is 2.57 bits per heavy atom. The zero-order valence-corrected chi connectivity index (χ0v) is 13.4. The van der Waals surface area contributed by atoms with Crippen molar-refractivity contribution in [3.8, 4) is 5.75 Å². The van der Waals surface area contributed by atoms with Gasteiger partial charge < -0.3 is 4.74 Å². The van der Waals surface area contributed by atoms with Crippen LogP contribution in [-0.4, -0.2) is 22.0 Å². The van der Waals surface area contributed by atoms with E-state index in [1.165, 1.54) is 11.1 Å². The zero-order valence-electron chi connectivity index (χ0n) is 13.4. The molecule has 0 amide bonds. The van der Waals surface area contributed by atoms with Gasteiger partial charge in [0.1, 0.15) is 5.75 Å². The minimum absolute atomic E-state index is 0.458. The maximum Gasteiger partial charge on any atom is 0.122 e. The smallest absolute Gasteiger partial charge is 0.122 e. The second kappa shape index (κ2) is 7.25. The van der Waals surface area contributed by atoms with Crippen molar-refractivity contribution in [1.29, 1.82) is 0 Å². The van der Waals surface area contributed by atoms with Gasteiger partial charge >= 0.3 is 0 Å². The van der Waals surface area contributed by atoms with Crippen molar-refractivity contribution in [1.82, 2.24) is 15.4 Å². The number of aromatic nitrogens is 3. The predicted molar refractivity (Wildman–Crippen MR) is 84.7 cm³/mol. The molecule has 1 aromatic heterocycles. The number of hydrogen-bond acceptors (Lipinski definition) is 3. The van der Waals surface area contributed by atoms with Gasteiger partial charge in [-0.2, -0.15) is 15.4 Å². The van der Waals surface area contributed by atoms with Crippen LogP contribution in [-0.2, 0) is 12.8 Å². The molecule has 0 aliphatic heterocycles. The Hall–Kier alpha value is -1.84. The first kappa shape index (κ1) is 15.5. The first-order chi connectivity index (χ1) is 10.1. The van der Waals surface area contributed by atoms with Gasteiger partial charge in [0.25, 0.3) is 0 Å². The van der Waals surface area contributed by atoms with Gasteiger partial charge in [-0.3, -0.25) is 0 Å². The molecule has 0 spiro atoms. The van der Waals surface area contributed by atoms with Crippen molar-refractivity contribution < 1.29 is 4.74 Å². The summed E-state index contributed by atoms with van der Waals surface area (Å²) in [6.07, 6.45) is 3.65. The van der Waals surface area contributed by atoms with Gasteiger partial charge in [-0.05, 0) is 41.9 Å². The fourth-order valence-corrected chi connectivity index (χ4v) is 2.21. The third-order valence-electron chi connectivity index (χ3n) is 3.40. The Kier molecular flexibility index (Phi) is 5.37. The summed E-state index contributed by atoms with van der Waals surface area (Å²) in [5.74, 6) is 2.01. The molecule has 0 radical (unpaired) electrons. The number of nitrogens with one attached hydrogen (secondary N) is 1. The SMILES string of the molecule is CC(C)COc1ccc(CCc2cn[nH]n2)cc1C(C)C. The van der Waals surface area contributed by atoms with E-state index < -0.39 is 0 Å². The average molecular weight is 287 g/mol. The molecular formula is C17H25N3O. The van der Waals surface area contributed by atoms with Gasteiger partial charge in [0.15, 0.2) is 0 Å². The number of H-pyrrole nitrogens is 1. The monoisotopic (exact) mass is 287 g/mol. The Bertz CT molecular complexity index is 547. The Labute approximate surface area is 126 Å². The fourth-order valence-electron chi connectivity index (χ4n) is 2.21. The normalized spacial score (nSPS) is 11.3. The second-order valence-corrected chi connectivity index (χ2v) is 6.19. The lowest BCUT2D eigenvalue weighted by molar-refractivity contribution is 0.267. The largest absolute Gasteiger partial charge is 0.493 e.